The predicted octanol–water partition coefficient (Wildman–Crippen LogP) is 5.08. The zero-order valence-electron chi connectivity index (χ0n) is 29.7. The molecule has 0 aliphatic carbocycles. The Hall–Kier alpha value is -5.46. The lowest BCUT2D eigenvalue weighted by Crippen LogP contribution is -2.44. The summed E-state index contributed by atoms with van der Waals surface area (Å²) in [6.45, 7) is 7.08. The monoisotopic (exact) mass is 707 g/mol. The van der Waals surface area contributed by atoms with E-state index in [0.717, 1.165) is 16.7 Å². The summed E-state index contributed by atoms with van der Waals surface area (Å²) in [6, 6.07) is 30.5. The van der Waals surface area contributed by atoms with Crippen molar-refractivity contribution in [3.8, 4) is 5.75 Å². The van der Waals surface area contributed by atoms with E-state index in [0.29, 0.717) is 5.46 Å². The Balaban J connectivity index is 1.34. The first-order valence-corrected chi connectivity index (χ1v) is 16.9. The smallest absolute Gasteiger partial charge is 0.481 e. The molecule has 1 amide bonds. The van der Waals surface area contributed by atoms with Crippen LogP contribution in [-0.2, 0) is 57.7 Å². The Morgan fingerprint density at radius 2 is 1.13 bits per heavy atom. The highest BCUT2D eigenvalue weighted by molar-refractivity contribution is 6.62. The topological polar surface area (TPSA) is 136 Å². The Bertz CT molecular complexity index is 1820. The number of carbonyl (C=O) groups excluding carboxylic acids is 4. The molecule has 1 saturated heterocycles. The molecule has 1 aliphatic heterocycles. The van der Waals surface area contributed by atoms with Gasteiger partial charge in [-0.05, 0) is 62.0 Å². The lowest BCUT2D eigenvalue weighted by atomic mass is 9.78. The van der Waals surface area contributed by atoms with E-state index in [4.69, 9.17) is 28.3 Å². The number of ether oxygens (including phenoxy) is 4. The van der Waals surface area contributed by atoms with E-state index in [1.807, 2.05) is 82.3 Å². The summed E-state index contributed by atoms with van der Waals surface area (Å²) in [5, 5.41) is 2.62. The highest BCUT2D eigenvalue weighted by Crippen LogP contribution is 2.37. The Morgan fingerprint density at radius 3 is 1.65 bits per heavy atom. The van der Waals surface area contributed by atoms with Gasteiger partial charge in [0, 0.05) is 0 Å². The molecule has 1 fully saturated rings. The summed E-state index contributed by atoms with van der Waals surface area (Å²) in [5.41, 5.74) is 1.51. The molecule has 4 aromatic rings. The zero-order valence-corrected chi connectivity index (χ0v) is 29.7. The molecular formula is C40H42BNO10. The van der Waals surface area contributed by atoms with Crippen LogP contribution in [-0.4, -0.2) is 54.8 Å². The Kier molecular flexibility index (Phi) is 12.5. The summed E-state index contributed by atoms with van der Waals surface area (Å²) in [7, 11) is -0.797. The maximum atomic E-state index is 13.9. The lowest BCUT2D eigenvalue weighted by molar-refractivity contribution is -0.153. The molecule has 11 nitrogen and oxygen atoms in total. The van der Waals surface area contributed by atoms with Crippen LogP contribution in [0.2, 0.25) is 0 Å². The molecule has 0 spiro atoms. The van der Waals surface area contributed by atoms with Crippen LogP contribution in [0.25, 0.3) is 0 Å². The molecule has 5 rings (SSSR count). The number of carbonyl (C=O) groups is 4. The highest BCUT2D eigenvalue weighted by Gasteiger charge is 2.52. The van der Waals surface area contributed by atoms with Gasteiger partial charge in [-0.15, -0.1) is 0 Å². The molecule has 52 heavy (non-hydrogen) atoms. The fourth-order valence-electron chi connectivity index (χ4n) is 5.11. The van der Waals surface area contributed by atoms with Crippen LogP contribution in [0.3, 0.4) is 0 Å². The van der Waals surface area contributed by atoms with Gasteiger partial charge in [0.25, 0.3) is 5.91 Å². The molecule has 1 atom stereocenters. The third-order valence-electron chi connectivity index (χ3n) is 8.79. The van der Waals surface area contributed by atoms with Crippen molar-refractivity contribution >= 4 is 36.4 Å². The largest absolute Gasteiger partial charge is 0.494 e. The fourth-order valence-corrected chi connectivity index (χ4v) is 5.11. The van der Waals surface area contributed by atoms with Crippen molar-refractivity contribution in [1.82, 2.24) is 5.32 Å². The van der Waals surface area contributed by atoms with Crippen LogP contribution in [0.1, 0.15) is 61.2 Å². The molecule has 0 bridgehead atoms. The molecule has 0 radical (unpaired) electrons. The number of hydrogen-bond acceptors (Lipinski definition) is 10. The number of benzene rings is 4. The molecule has 12 heteroatoms. The van der Waals surface area contributed by atoms with E-state index in [1.54, 1.807) is 48.5 Å². The first kappa shape index (κ1) is 37.8. The fraction of sp³-hybridized carbons (Fsp3) is 0.300. The summed E-state index contributed by atoms with van der Waals surface area (Å²) < 4.78 is 34.5. The van der Waals surface area contributed by atoms with Crippen molar-refractivity contribution in [2.45, 2.75) is 71.2 Å². The Labute approximate surface area is 303 Å². The SMILES string of the molecule is CC1(C)OB(c2ccc(C(=O)N[C@@H](CC(=O)OCc3ccccc3)C(=O)OCc3ccccc3)c(OCC(=O)OCc3ccccc3)c2)OC1(C)C. The average Bonchev–Trinajstić information content (AvgIpc) is 3.37. The minimum absolute atomic E-state index is 0.00410. The quantitative estimate of drug-likeness (QED) is 0.101. The predicted molar refractivity (Wildman–Crippen MR) is 192 cm³/mol. The van der Waals surface area contributed by atoms with Crippen LogP contribution in [0, 0.1) is 0 Å². The number of rotatable bonds is 15. The van der Waals surface area contributed by atoms with Crippen LogP contribution < -0.4 is 15.5 Å². The van der Waals surface area contributed by atoms with Gasteiger partial charge in [0.1, 0.15) is 31.6 Å². The second-order valence-corrected chi connectivity index (χ2v) is 13.2. The standard InChI is InChI=1S/C40H42BNO10/c1-39(2)40(3,4)52-41(51-39)31-20-21-32(34(22-31)47-27-36(44)49-25-29-16-10-6-11-17-29)37(45)42-33(38(46)50-26-30-18-12-7-13-19-30)23-35(43)48-24-28-14-8-5-9-15-28/h5-22,33H,23-27H2,1-4H3,(H,42,45)/t33-/m0/s1. The molecule has 0 saturated carbocycles. The van der Waals surface area contributed by atoms with Gasteiger partial charge in [-0.25, -0.2) is 9.59 Å². The summed E-state index contributed by atoms with van der Waals surface area (Å²) in [5.74, 6) is -2.98. The number of esters is 3. The maximum absolute atomic E-state index is 13.9. The second kappa shape index (κ2) is 17.2. The third kappa shape index (κ3) is 10.3. The summed E-state index contributed by atoms with van der Waals surface area (Å²) in [4.78, 5) is 52.9. The van der Waals surface area contributed by atoms with Gasteiger partial charge in [0.2, 0.25) is 0 Å². The van der Waals surface area contributed by atoms with E-state index in [9.17, 15) is 19.2 Å². The van der Waals surface area contributed by atoms with Crippen LogP contribution in [0.5, 0.6) is 5.75 Å². The minimum atomic E-state index is -1.41. The molecule has 1 aliphatic rings. The van der Waals surface area contributed by atoms with E-state index in [-0.39, 0.29) is 31.1 Å². The van der Waals surface area contributed by atoms with Crippen LogP contribution >= 0.6 is 0 Å². The van der Waals surface area contributed by atoms with Gasteiger partial charge in [-0.3, -0.25) is 9.59 Å². The van der Waals surface area contributed by atoms with Gasteiger partial charge in [0.15, 0.2) is 6.61 Å². The van der Waals surface area contributed by atoms with Gasteiger partial charge >= 0.3 is 25.0 Å². The van der Waals surface area contributed by atoms with Crippen molar-refractivity contribution in [3.05, 3.63) is 131 Å². The molecule has 270 valence electrons. The molecule has 0 unspecified atom stereocenters. The molecule has 1 heterocycles. The summed E-state index contributed by atoms with van der Waals surface area (Å²) in [6.07, 6.45) is -0.500. The number of nitrogens with one attached hydrogen (secondary N) is 1. The molecule has 0 aromatic heterocycles. The number of amides is 1. The summed E-state index contributed by atoms with van der Waals surface area (Å²) >= 11 is 0. The van der Waals surface area contributed by atoms with Gasteiger partial charge in [-0.2, -0.15) is 0 Å². The molecule has 1 N–H and O–H groups in total. The average molecular weight is 708 g/mol. The second-order valence-electron chi connectivity index (χ2n) is 13.2. The van der Waals surface area contributed by atoms with Gasteiger partial charge in [0.05, 0.1) is 23.2 Å². The maximum Gasteiger partial charge on any atom is 0.494 e. The minimum Gasteiger partial charge on any atom is -0.481 e. The van der Waals surface area contributed by atoms with E-state index in [2.05, 4.69) is 5.32 Å². The van der Waals surface area contributed by atoms with Crippen molar-refractivity contribution in [2.24, 2.45) is 0 Å². The van der Waals surface area contributed by atoms with E-state index >= 15 is 0 Å². The molecular weight excluding hydrogens is 665 g/mol. The van der Waals surface area contributed by atoms with Crippen molar-refractivity contribution in [2.75, 3.05) is 6.61 Å². The normalized spacial score (nSPS) is 14.9. The van der Waals surface area contributed by atoms with E-state index < -0.39 is 61.2 Å². The van der Waals surface area contributed by atoms with Crippen LogP contribution in [0.4, 0.5) is 0 Å². The van der Waals surface area contributed by atoms with Crippen molar-refractivity contribution in [1.29, 1.82) is 0 Å². The van der Waals surface area contributed by atoms with Crippen molar-refractivity contribution in [3.63, 3.8) is 0 Å². The first-order valence-electron chi connectivity index (χ1n) is 16.9. The Morgan fingerprint density at radius 1 is 0.654 bits per heavy atom. The number of hydrogen-bond donors (Lipinski definition) is 1. The van der Waals surface area contributed by atoms with Crippen molar-refractivity contribution < 1.29 is 47.4 Å². The molecule has 4 aromatic carbocycles. The lowest BCUT2D eigenvalue weighted by Gasteiger charge is -2.32. The van der Waals surface area contributed by atoms with Gasteiger partial charge < -0.3 is 33.6 Å². The first-order chi connectivity index (χ1) is 24.9. The van der Waals surface area contributed by atoms with Gasteiger partial charge in [-0.1, -0.05) is 97.1 Å². The van der Waals surface area contributed by atoms with Crippen LogP contribution in [0.15, 0.2) is 109 Å². The highest BCUT2D eigenvalue weighted by atomic mass is 16.7. The third-order valence-corrected chi connectivity index (χ3v) is 8.79. The van der Waals surface area contributed by atoms with E-state index in [1.165, 1.54) is 6.07 Å². The zero-order chi connectivity index (χ0) is 37.1.